The van der Waals surface area contributed by atoms with Crippen molar-refractivity contribution in [3.05, 3.63) is 71.9 Å². The van der Waals surface area contributed by atoms with Gasteiger partial charge in [0.25, 0.3) is 0 Å². The minimum absolute atomic E-state index is 0.133. The molecule has 3 aromatic carbocycles. The van der Waals surface area contributed by atoms with Crippen LogP contribution in [0.4, 0.5) is 26.2 Å². The molecular weight excluding hydrogens is 442 g/mol. The average molecular weight is 462 g/mol. The zero-order chi connectivity index (χ0) is 23.7. The van der Waals surface area contributed by atoms with Gasteiger partial charge in [-0.15, -0.1) is 0 Å². The van der Waals surface area contributed by atoms with Crippen LogP contribution in [0.25, 0.3) is 21.8 Å². The van der Waals surface area contributed by atoms with Crippen LogP contribution < -0.4 is 20.1 Å². The Morgan fingerprint density at radius 2 is 1.68 bits per heavy atom. The van der Waals surface area contributed by atoms with Gasteiger partial charge in [0, 0.05) is 35.1 Å². The molecule has 5 rings (SSSR count). The summed E-state index contributed by atoms with van der Waals surface area (Å²) in [6.45, 7) is 0.133. The van der Waals surface area contributed by atoms with E-state index in [2.05, 4.69) is 30.8 Å². The van der Waals surface area contributed by atoms with E-state index >= 15 is 0 Å². The van der Waals surface area contributed by atoms with Crippen molar-refractivity contribution in [3.63, 3.8) is 0 Å². The predicted molar refractivity (Wildman–Crippen MR) is 126 cm³/mol. The van der Waals surface area contributed by atoms with E-state index in [4.69, 9.17) is 9.47 Å². The van der Waals surface area contributed by atoms with E-state index in [9.17, 15) is 8.78 Å². The van der Waals surface area contributed by atoms with Crippen molar-refractivity contribution in [2.45, 2.75) is 6.54 Å². The number of aromatic amines is 1. The number of hydrogen-bond donors (Lipinski definition) is 3. The molecule has 8 nitrogen and oxygen atoms in total. The molecule has 172 valence electrons. The van der Waals surface area contributed by atoms with Crippen LogP contribution in [-0.4, -0.2) is 34.4 Å². The van der Waals surface area contributed by atoms with E-state index < -0.39 is 11.6 Å². The van der Waals surface area contributed by atoms with Gasteiger partial charge in [0.1, 0.15) is 17.5 Å². The van der Waals surface area contributed by atoms with Crippen LogP contribution in [0.5, 0.6) is 11.5 Å². The first-order valence-corrected chi connectivity index (χ1v) is 10.3. The molecule has 0 spiro atoms. The number of ether oxygens (including phenoxy) is 2. The summed E-state index contributed by atoms with van der Waals surface area (Å²) in [4.78, 5) is 9.18. The summed E-state index contributed by atoms with van der Waals surface area (Å²) in [6, 6.07) is 12.6. The molecule has 0 atom stereocenters. The quantitative estimate of drug-likeness (QED) is 0.308. The highest BCUT2D eigenvalue weighted by Gasteiger charge is 2.14. The van der Waals surface area contributed by atoms with Gasteiger partial charge in [-0.05, 0) is 42.0 Å². The number of methoxy groups -OCH3 is 2. The Labute approximate surface area is 192 Å². The summed E-state index contributed by atoms with van der Waals surface area (Å²) in [7, 11) is 3.10. The molecule has 2 aromatic heterocycles. The van der Waals surface area contributed by atoms with Crippen molar-refractivity contribution in [3.8, 4) is 11.5 Å². The van der Waals surface area contributed by atoms with Crippen molar-refractivity contribution >= 4 is 39.3 Å². The van der Waals surface area contributed by atoms with Crippen LogP contribution in [-0.2, 0) is 6.54 Å². The van der Waals surface area contributed by atoms with Crippen LogP contribution in [0.2, 0.25) is 0 Å². The van der Waals surface area contributed by atoms with E-state index in [0.29, 0.717) is 33.8 Å². The zero-order valence-electron chi connectivity index (χ0n) is 18.3. The number of benzene rings is 3. The Kier molecular flexibility index (Phi) is 5.54. The lowest BCUT2D eigenvalue weighted by molar-refractivity contribution is 0.356. The van der Waals surface area contributed by atoms with Gasteiger partial charge in [-0.25, -0.2) is 13.8 Å². The maximum Gasteiger partial charge on any atom is 0.225 e. The normalized spacial score (nSPS) is 11.1. The average Bonchev–Trinajstić information content (AvgIpc) is 3.29. The maximum atomic E-state index is 13.6. The smallest absolute Gasteiger partial charge is 0.225 e. The van der Waals surface area contributed by atoms with Gasteiger partial charge >= 0.3 is 0 Å². The number of halogens is 2. The fraction of sp³-hybridized carbons (Fsp3) is 0.125. The van der Waals surface area contributed by atoms with Crippen molar-refractivity contribution in [1.82, 2.24) is 20.2 Å². The first kappa shape index (κ1) is 21.4. The second-order valence-corrected chi connectivity index (χ2v) is 7.55. The molecule has 2 heterocycles. The van der Waals surface area contributed by atoms with Crippen LogP contribution in [0.1, 0.15) is 5.56 Å². The molecule has 0 saturated heterocycles. The molecule has 0 saturated carbocycles. The zero-order valence-corrected chi connectivity index (χ0v) is 18.3. The maximum absolute atomic E-state index is 13.6. The number of rotatable bonds is 7. The minimum Gasteiger partial charge on any atom is -0.493 e. The highest BCUT2D eigenvalue weighted by Crippen LogP contribution is 2.35. The van der Waals surface area contributed by atoms with E-state index in [1.54, 1.807) is 32.5 Å². The second-order valence-electron chi connectivity index (χ2n) is 7.55. The summed E-state index contributed by atoms with van der Waals surface area (Å²) in [5, 5.41) is 15.0. The van der Waals surface area contributed by atoms with Crippen molar-refractivity contribution in [2.75, 3.05) is 24.9 Å². The van der Waals surface area contributed by atoms with Gasteiger partial charge in [-0.3, -0.25) is 5.10 Å². The summed E-state index contributed by atoms with van der Waals surface area (Å²) >= 11 is 0. The number of nitrogens with zero attached hydrogens (tertiary/aromatic N) is 3. The number of H-pyrrole nitrogens is 1. The Morgan fingerprint density at radius 3 is 2.44 bits per heavy atom. The number of fused-ring (bicyclic) bond motifs is 2. The van der Waals surface area contributed by atoms with Gasteiger partial charge in [0.2, 0.25) is 5.95 Å². The molecule has 0 amide bonds. The molecule has 0 aliphatic rings. The van der Waals surface area contributed by atoms with E-state index in [0.717, 1.165) is 22.7 Å². The van der Waals surface area contributed by atoms with Gasteiger partial charge in [0.15, 0.2) is 11.5 Å². The third-order valence-electron chi connectivity index (χ3n) is 5.28. The Morgan fingerprint density at radius 1 is 0.912 bits per heavy atom. The van der Waals surface area contributed by atoms with Crippen molar-refractivity contribution in [1.29, 1.82) is 0 Å². The third kappa shape index (κ3) is 4.25. The monoisotopic (exact) mass is 462 g/mol. The molecule has 0 aliphatic heterocycles. The Bertz CT molecular complexity index is 1480. The number of anilines is 3. The lowest BCUT2D eigenvalue weighted by Crippen LogP contribution is -2.07. The van der Waals surface area contributed by atoms with Gasteiger partial charge < -0.3 is 20.1 Å². The third-order valence-corrected chi connectivity index (χ3v) is 5.28. The van der Waals surface area contributed by atoms with Crippen LogP contribution >= 0.6 is 0 Å². The van der Waals surface area contributed by atoms with Crippen LogP contribution in [0, 0.1) is 11.6 Å². The number of aromatic nitrogens is 4. The van der Waals surface area contributed by atoms with Crippen molar-refractivity contribution < 1.29 is 18.3 Å². The van der Waals surface area contributed by atoms with Crippen molar-refractivity contribution in [2.24, 2.45) is 0 Å². The molecule has 0 unspecified atom stereocenters. The summed E-state index contributed by atoms with van der Waals surface area (Å²) in [5.74, 6) is 0.536. The lowest BCUT2D eigenvalue weighted by atomic mass is 10.2. The number of hydrogen-bond acceptors (Lipinski definition) is 7. The first-order valence-electron chi connectivity index (χ1n) is 10.3. The molecule has 0 fully saturated rings. The van der Waals surface area contributed by atoms with E-state index in [1.807, 2.05) is 18.2 Å². The molecule has 10 heteroatoms. The highest BCUT2D eigenvalue weighted by atomic mass is 19.1. The molecular formula is C24H20F2N6O2. The fourth-order valence-corrected chi connectivity index (χ4v) is 3.68. The van der Waals surface area contributed by atoms with Crippen LogP contribution in [0.15, 0.2) is 54.7 Å². The number of nitrogens with one attached hydrogen (secondary N) is 3. The van der Waals surface area contributed by atoms with Gasteiger partial charge in [-0.2, -0.15) is 10.1 Å². The topological polar surface area (TPSA) is 97.0 Å². The second kappa shape index (κ2) is 8.81. The van der Waals surface area contributed by atoms with Gasteiger partial charge in [0.05, 0.1) is 31.4 Å². The fourth-order valence-electron chi connectivity index (χ4n) is 3.68. The molecule has 0 bridgehead atoms. The molecule has 0 aliphatic carbocycles. The molecule has 3 N–H and O–H groups in total. The standard InChI is InChI=1S/C24H20F2N6O2/c1-33-21-9-18-20(10-22(21)34-2)30-24(27-11-13-5-15(25)8-16(26)6-13)31-23(18)29-17-3-4-19-14(7-17)12-28-32-19/h3-10,12H,11H2,1-2H3,(H,28,32)(H2,27,29,30,31). The summed E-state index contributed by atoms with van der Waals surface area (Å²) in [5.41, 5.74) is 2.72. The predicted octanol–water partition coefficient (Wildman–Crippen LogP) is 5.16. The lowest BCUT2D eigenvalue weighted by Gasteiger charge is -2.15. The molecule has 5 aromatic rings. The Hall–Kier alpha value is -4.47. The van der Waals surface area contributed by atoms with Gasteiger partial charge in [-0.1, -0.05) is 0 Å². The van der Waals surface area contributed by atoms with E-state index in [-0.39, 0.29) is 12.5 Å². The molecule has 34 heavy (non-hydrogen) atoms. The SMILES string of the molecule is COc1cc2nc(NCc3cc(F)cc(F)c3)nc(Nc3ccc4[nH]ncc4c3)c2cc1OC. The summed E-state index contributed by atoms with van der Waals surface area (Å²) < 4.78 is 38.0. The minimum atomic E-state index is -0.648. The first-order chi connectivity index (χ1) is 16.5. The van der Waals surface area contributed by atoms with Crippen LogP contribution in [0.3, 0.4) is 0 Å². The molecule has 0 radical (unpaired) electrons. The largest absolute Gasteiger partial charge is 0.493 e. The summed E-state index contributed by atoms with van der Waals surface area (Å²) in [6.07, 6.45) is 1.73. The highest BCUT2D eigenvalue weighted by molar-refractivity contribution is 5.95. The Balaban J connectivity index is 1.55. The van der Waals surface area contributed by atoms with E-state index in [1.165, 1.54) is 12.1 Å².